The summed E-state index contributed by atoms with van der Waals surface area (Å²) in [6.07, 6.45) is -4.92. The molecule has 2 heterocycles. The Bertz CT molecular complexity index is 808. The average molecular weight is 395 g/mol. The van der Waals surface area contributed by atoms with Gasteiger partial charge in [-0.1, -0.05) is 16.7 Å². The summed E-state index contributed by atoms with van der Waals surface area (Å²) in [4.78, 5) is 12.3. The topological polar surface area (TPSA) is 80.5 Å². The molecule has 1 fully saturated rings. The van der Waals surface area contributed by atoms with Crippen molar-refractivity contribution in [1.82, 2.24) is 15.5 Å². The lowest BCUT2D eigenvalue weighted by Gasteiger charge is -2.38. The summed E-state index contributed by atoms with van der Waals surface area (Å²) in [5.41, 5.74) is 0. The smallest absolute Gasteiger partial charge is 0.471 e. The van der Waals surface area contributed by atoms with Gasteiger partial charge in [-0.25, -0.2) is 4.39 Å². The minimum Gasteiger partial charge on any atom is -0.484 e. The molecule has 140 valence electrons. The first-order chi connectivity index (χ1) is 12.2. The summed E-state index contributed by atoms with van der Waals surface area (Å²) < 4.78 is 60.4. The molecular weight excluding hydrogens is 384 g/mol. The molecule has 0 aliphatic carbocycles. The molecule has 1 aromatic carbocycles. The third kappa shape index (κ3) is 4.15. The second-order valence-corrected chi connectivity index (χ2v) is 5.82. The number of carbonyl (C=O) groups is 1. The van der Waals surface area contributed by atoms with Crippen LogP contribution >= 0.6 is 11.6 Å². The van der Waals surface area contributed by atoms with Crippen LogP contribution in [0.25, 0.3) is 0 Å². The minimum absolute atomic E-state index is 0.0395. The van der Waals surface area contributed by atoms with Crippen LogP contribution < -0.4 is 15.0 Å². The van der Waals surface area contributed by atoms with Crippen molar-refractivity contribution >= 4 is 23.5 Å². The van der Waals surface area contributed by atoms with E-state index in [4.69, 9.17) is 20.8 Å². The maximum atomic E-state index is 13.3. The second kappa shape index (κ2) is 6.98. The van der Waals surface area contributed by atoms with Crippen LogP contribution in [0.2, 0.25) is 5.02 Å². The first-order valence-electron chi connectivity index (χ1n) is 7.25. The quantitative estimate of drug-likeness (QED) is 0.784. The van der Waals surface area contributed by atoms with Gasteiger partial charge >= 0.3 is 18.1 Å². The highest BCUT2D eigenvalue weighted by molar-refractivity contribution is 6.30. The zero-order valence-corrected chi connectivity index (χ0v) is 13.6. The van der Waals surface area contributed by atoms with Crippen molar-refractivity contribution < 1.29 is 31.5 Å². The molecule has 12 heteroatoms. The van der Waals surface area contributed by atoms with Crippen LogP contribution in [0, 0.1) is 5.82 Å². The maximum absolute atomic E-state index is 13.3. The summed E-state index contributed by atoms with van der Waals surface area (Å²) in [6, 6.07) is 3.33. The van der Waals surface area contributed by atoms with Gasteiger partial charge in [-0.15, -0.1) is 5.10 Å². The van der Waals surface area contributed by atoms with Crippen LogP contribution in [0.4, 0.5) is 23.6 Å². The van der Waals surface area contributed by atoms with Gasteiger partial charge in [-0.05, 0) is 12.1 Å². The van der Waals surface area contributed by atoms with Gasteiger partial charge in [0.25, 0.3) is 5.89 Å². The molecule has 3 rings (SSSR count). The van der Waals surface area contributed by atoms with Crippen LogP contribution in [0.3, 0.4) is 0 Å². The number of benzene rings is 1. The molecule has 0 radical (unpaired) electrons. The van der Waals surface area contributed by atoms with Gasteiger partial charge in [0.05, 0.1) is 11.1 Å². The fourth-order valence-electron chi connectivity index (χ4n) is 2.14. The largest absolute Gasteiger partial charge is 0.484 e. The lowest BCUT2D eigenvalue weighted by atomic mass is 10.1. The van der Waals surface area contributed by atoms with E-state index in [-0.39, 0.29) is 42.4 Å². The predicted molar refractivity (Wildman–Crippen MR) is 80.2 cm³/mol. The Hall–Kier alpha value is -2.56. The van der Waals surface area contributed by atoms with Gasteiger partial charge in [-0.2, -0.15) is 13.2 Å². The van der Waals surface area contributed by atoms with Crippen molar-refractivity contribution in [2.24, 2.45) is 0 Å². The van der Waals surface area contributed by atoms with Crippen LogP contribution in [0.15, 0.2) is 22.6 Å². The summed E-state index contributed by atoms with van der Waals surface area (Å²) in [7, 11) is 0. The van der Waals surface area contributed by atoms with Crippen LogP contribution in [-0.4, -0.2) is 41.4 Å². The Morgan fingerprint density at radius 2 is 2.12 bits per heavy atom. The molecular formula is C14H11ClF4N4O3. The number of amides is 1. The van der Waals surface area contributed by atoms with Gasteiger partial charge < -0.3 is 19.4 Å². The molecule has 1 saturated heterocycles. The van der Waals surface area contributed by atoms with E-state index in [1.54, 1.807) is 0 Å². The standard InChI is InChI=1S/C14H11ClF4N4O3/c15-9-2-1-8(3-10(9)16)25-6-11-21-22-13(26-11)23-4-7(5-23)20-12(24)14(17,18)19/h1-3,7H,4-6H2,(H,20,24). The van der Waals surface area contributed by atoms with Gasteiger partial charge in [-0.3, -0.25) is 4.79 Å². The number of rotatable bonds is 5. The number of nitrogens with one attached hydrogen (secondary N) is 1. The molecule has 2 aromatic rings. The molecule has 1 aliphatic rings. The number of alkyl halides is 3. The van der Waals surface area contributed by atoms with Crippen LogP contribution in [0.5, 0.6) is 5.75 Å². The van der Waals surface area contributed by atoms with E-state index in [9.17, 15) is 22.4 Å². The Morgan fingerprint density at radius 1 is 1.38 bits per heavy atom. The number of anilines is 1. The molecule has 0 atom stereocenters. The van der Waals surface area contributed by atoms with Crippen molar-refractivity contribution in [3.05, 3.63) is 34.9 Å². The molecule has 0 unspecified atom stereocenters. The molecule has 26 heavy (non-hydrogen) atoms. The Kier molecular flexibility index (Phi) is 4.90. The first kappa shape index (κ1) is 18.2. The summed E-state index contributed by atoms with van der Waals surface area (Å²) in [6.45, 7) is 0.0789. The lowest BCUT2D eigenvalue weighted by molar-refractivity contribution is -0.174. The Labute approximate surface area is 148 Å². The van der Waals surface area contributed by atoms with Crippen molar-refractivity contribution in [2.75, 3.05) is 18.0 Å². The third-order valence-corrected chi connectivity index (χ3v) is 3.76. The predicted octanol–water partition coefficient (Wildman–Crippen LogP) is 2.31. The number of hydrogen-bond donors (Lipinski definition) is 1. The summed E-state index contributed by atoms with van der Waals surface area (Å²) >= 11 is 5.56. The molecule has 0 saturated carbocycles. The first-order valence-corrected chi connectivity index (χ1v) is 7.63. The molecule has 1 amide bonds. The summed E-state index contributed by atoms with van der Waals surface area (Å²) in [5, 5.41) is 9.29. The van der Waals surface area contributed by atoms with Crippen molar-refractivity contribution in [3.63, 3.8) is 0 Å². The molecule has 1 N–H and O–H groups in total. The molecule has 0 spiro atoms. The summed E-state index contributed by atoms with van der Waals surface area (Å²) in [5.74, 6) is -2.32. The molecule has 7 nitrogen and oxygen atoms in total. The lowest BCUT2D eigenvalue weighted by Crippen LogP contribution is -2.61. The van der Waals surface area contributed by atoms with Crippen molar-refractivity contribution in [1.29, 1.82) is 0 Å². The molecule has 1 aromatic heterocycles. The van der Waals surface area contributed by atoms with E-state index in [1.807, 2.05) is 5.32 Å². The molecule has 0 bridgehead atoms. The van der Waals surface area contributed by atoms with E-state index >= 15 is 0 Å². The van der Waals surface area contributed by atoms with Gasteiger partial charge in [0.1, 0.15) is 11.6 Å². The van der Waals surface area contributed by atoms with Gasteiger partial charge in [0.2, 0.25) is 0 Å². The highest BCUT2D eigenvalue weighted by Gasteiger charge is 2.42. The second-order valence-electron chi connectivity index (χ2n) is 5.42. The number of ether oxygens (including phenoxy) is 1. The number of halogens is 5. The molecule has 1 aliphatic heterocycles. The maximum Gasteiger partial charge on any atom is 0.471 e. The number of carbonyl (C=O) groups excluding carboxylic acids is 1. The number of aromatic nitrogens is 2. The average Bonchev–Trinajstić information content (AvgIpc) is 2.98. The monoisotopic (exact) mass is 394 g/mol. The third-order valence-electron chi connectivity index (χ3n) is 3.45. The van der Waals surface area contributed by atoms with Gasteiger partial charge in [0, 0.05) is 19.2 Å². The Balaban J connectivity index is 1.48. The number of nitrogens with zero attached hydrogens (tertiary/aromatic N) is 3. The SMILES string of the molecule is O=C(NC1CN(c2nnc(COc3ccc(Cl)c(F)c3)o2)C1)C(F)(F)F. The van der Waals surface area contributed by atoms with E-state index in [0.29, 0.717) is 0 Å². The van der Waals surface area contributed by atoms with E-state index in [0.717, 1.165) is 6.07 Å². The minimum atomic E-state index is -4.92. The van der Waals surface area contributed by atoms with Crippen LogP contribution in [-0.2, 0) is 11.4 Å². The number of hydrogen-bond acceptors (Lipinski definition) is 6. The van der Waals surface area contributed by atoms with Gasteiger partial charge in [0.15, 0.2) is 6.61 Å². The Morgan fingerprint density at radius 3 is 2.77 bits per heavy atom. The normalized spacial score (nSPS) is 14.9. The van der Waals surface area contributed by atoms with E-state index in [2.05, 4.69) is 10.2 Å². The fraction of sp³-hybridized carbons (Fsp3) is 0.357. The fourth-order valence-corrected chi connectivity index (χ4v) is 2.25. The van der Waals surface area contributed by atoms with E-state index < -0.39 is 23.9 Å². The highest BCUT2D eigenvalue weighted by atomic mass is 35.5. The van der Waals surface area contributed by atoms with Crippen molar-refractivity contribution in [2.45, 2.75) is 18.8 Å². The van der Waals surface area contributed by atoms with Crippen LogP contribution in [0.1, 0.15) is 5.89 Å². The zero-order valence-electron chi connectivity index (χ0n) is 12.9. The zero-order chi connectivity index (χ0) is 18.9. The highest BCUT2D eigenvalue weighted by Crippen LogP contribution is 2.23. The van der Waals surface area contributed by atoms with Crippen molar-refractivity contribution in [3.8, 4) is 5.75 Å². The van der Waals surface area contributed by atoms with E-state index in [1.165, 1.54) is 17.0 Å².